The summed E-state index contributed by atoms with van der Waals surface area (Å²) in [7, 11) is 0. The van der Waals surface area contributed by atoms with Crippen molar-refractivity contribution in [2.45, 2.75) is 25.4 Å². The second-order valence-corrected chi connectivity index (χ2v) is 6.48. The molecular weight excluding hydrogens is 391 g/mol. The Balaban J connectivity index is 1.75. The smallest absolute Gasteiger partial charge is 0.433 e. The molecule has 0 N–H and O–H groups in total. The molecule has 1 aliphatic heterocycles. The summed E-state index contributed by atoms with van der Waals surface area (Å²) in [5.74, 6) is 0.404. The number of nitro benzene ring substituents is 1. The van der Waals surface area contributed by atoms with E-state index in [2.05, 4.69) is 0 Å². The van der Waals surface area contributed by atoms with Crippen LogP contribution in [-0.2, 0) is 4.74 Å². The lowest BCUT2D eigenvalue weighted by Gasteiger charge is -2.26. The number of nitrogens with zero attached hydrogens (tertiary/aromatic N) is 3. The number of benzene rings is 2. The summed E-state index contributed by atoms with van der Waals surface area (Å²) in [6, 6.07) is 11.9. The highest BCUT2D eigenvalue weighted by molar-refractivity contribution is 5.56. The van der Waals surface area contributed by atoms with Gasteiger partial charge in [-0.3, -0.25) is 10.1 Å². The van der Waals surface area contributed by atoms with Crippen LogP contribution in [0.5, 0.6) is 5.75 Å². The highest BCUT2D eigenvalue weighted by Crippen LogP contribution is 2.36. The average Bonchev–Trinajstić information content (AvgIpc) is 3.11. The maximum atomic E-state index is 13.5. The quantitative estimate of drug-likeness (QED) is 0.551. The number of halogens is 3. The molecule has 29 heavy (non-hydrogen) atoms. The summed E-state index contributed by atoms with van der Waals surface area (Å²) in [6.45, 7) is 1.24. The molecule has 7 nitrogen and oxygen atoms in total. The molecule has 3 rings (SSSR count). The molecule has 0 saturated carbocycles. The molecule has 2 aromatic carbocycles. The van der Waals surface area contributed by atoms with Crippen LogP contribution in [0.1, 0.15) is 11.1 Å². The van der Waals surface area contributed by atoms with Gasteiger partial charge in [0.15, 0.2) is 0 Å². The van der Waals surface area contributed by atoms with Gasteiger partial charge >= 0.3 is 6.18 Å². The maximum absolute atomic E-state index is 13.5. The van der Waals surface area contributed by atoms with Crippen molar-refractivity contribution < 1.29 is 27.6 Å². The number of nitriles is 1. The van der Waals surface area contributed by atoms with Gasteiger partial charge < -0.3 is 14.4 Å². The third-order valence-electron chi connectivity index (χ3n) is 4.41. The Kier molecular flexibility index (Phi) is 5.61. The van der Waals surface area contributed by atoms with Gasteiger partial charge in [-0.15, -0.1) is 0 Å². The van der Waals surface area contributed by atoms with Crippen LogP contribution in [-0.4, -0.2) is 36.6 Å². The first-order valence-electron chi connectivity index (χ1n) is 8.56. The van der Waals surface area contributed by atoms with E-state index in [1.165, 1.54) is 37.3 Å². The fraction of sp³-hybridized carbons (Fsp3) is 0.316. The molecule has 1 heterocycles. The first-order chi connectivity index (χ1) is 13.7. The van der Waals surface area contributed by atoms with Crippen LogP contribution in [0.25, 0.3) is 0 Å². The zero-order chi connectivity index (χ0) is 21.2. The molecule has 0 aromatic heterocycles. The van der Waals surface area contributed by atoms with Gasteiger partial charge in [-0.2, -0.15) is 18.4 Å². The van der Waals surface area contributed by atoms with Gasteiger partial charge in [0.2, 0.25) is 6.23 Å². The zero-order valence-electron chi connectivity index (χ0n) is 15.2. The van der Waals surface area contributed by atoms with Crippen LogP contribution in [0.2, 0.25) is 0 Å². The van der Waals surface area contributed by atoms with Gasteiger partial charge in [0.1, 0.15) is 18.5 Å². The fourth-order valence-corrected chi connectivity index (χ4v) is 3.04. The Bertz CT molecular complexity index is 941. The van der Waals surface area contributed by atoms with Gasteiger partial charge in [-0.1, -0.05) is 0 Å². The zero-order valence-corrected chi connectivity index (χ0v) is 15.2. The van der Waals surface area contributed by atoms with Crippen LogP contribution >= 0.6 is 0 Å². The summed E-state index contributed by atoms with van der Waals surface area (Å²) in [5.41, 5.74) is 0.700. The second kappa shape index (κ2) is 7.97. The monoisotopic (exact) mass is 407 g/mol. The molecule has 1 aliphatic rings. The highest BCUT2D eigenvalue weighted by atomic mass is 19.4. The van der Waals surface area contributed by atoms with Gasteiger partial charge in [-0.05, 0) is 43.3 Å². The van der Waals surface area contributed by atoms with Crippen molar-refractivity contribution in [2.24, 2.45) is 0 Å². The average molecular weight is 407 g/mol. The molecule has 1 saturated heterocycles. The number of hydrogen-bond acceptors (Lipinski definition) is 6. The van der Waals surface area contributed by atoms with E-state index in [-0.39, 0.29) is 30.1 Å². The molecular formula is C19H16F3N3O4. The SMILES string of the molecule is Cc1cc(N2C[C@@H](COc3ccc(C#N)cc3)O[C@H]2C(F)(F)F)ccc1[N+](=O)[O-]. The van der Waals surface area contributed by atoms with E-state index in [4.69, 9.17) is 14.7 Å². The standard InChI is InChI=1S/C19H16F3N3O4/c1-12-8-14(4-7-17(12)25(26)27)24-10-16(29-18(24)19(20,21)22)11-28-15-5-2-13(9-23)3-6-15/h2-8,16,18H,10-11H2,1H3/t16-,18-/m0/s1. The van der Waals surface area contributed by atoms with E-state index in [0.29, 0.717) is 11.3 Å². The first-order valence-corrected chi connectivity index (χ1v) is 8.56. The van der Waals surface area contributed by atoms with E-state index in [1.54, 1.807) is 12.1 Å². The molecule has 0 aliphatic carbocycles. The topological polar surface area (TPSA) is 88.6 Å². The molecule has 0 amide bonds. The van der Waals surface area contributed by atoms with Crippen LogP contribution in [0.4, 0.5) is 24.5 Å². The normalized spacial score (nSPS) is 19.1. The van der Waals surface area contributed by atoms with Crippen molar-refractivity contribution in [3.8, 4) is 11.8 Å². The Labute approximate surface area is 164 Å². The summed E-state index contributed by atoms with van der Waals surface area (Å²) in [5, 5.41) is 19.7. The van der Waals surface area contributed by atoms with Crippen molar-refractivity contribution in [2.75, 3.05) is 18.1 Å². The van der Waals surface area contributed by atoms with Crippen molar-refractivity contribution in [3.63, 3.8) is 0 Å². The molecule has 10 heteroatoms. The third kappa shape index (κ3) is 4.57. The van der Waals surface area contributed by atoms with Crippen molar-refractivity contribution in [1.82, 2.24) is 0 Å². The van der Waals surface area contributed by atoms with E-state index < -0.39 is 23.4 Å². The second-order valence-electron chi connectivity index (χ2n) is 6.48. The number of ether oxygens (including phenoxy) is 2. The lowest BCUT2D eigenvalue weighted by molar-refractivity contribution is -0.385. The lowest BCUT2D eigenvalue weighted by Crippen LogP contribution is -2.42. The minimum absolute atomic E-state index is 0.0995. The summed E-state index contributed by atoms with van der Waals surface area (Å²) < 4.78 is 51.1. The number of hydrogen-bond donors (Lipinski definition) is 0. The Morgan fingerprint density at radius 3 is 2.55 bits per heavy atom. The number of anilines is 1. The van der Waals surface area contributed by atoms with Crippen molar-refractivity contribution in [1.29, 1.82) is 5.26 Å². The van der Waals surface area contributed by atoms with E-state index in [1.807, 2.05) is 6.07 Å². The number of rotatable bonds is 5. The summed E-state index contributed by atoms with van der Waals surface area (Å²) >= 11 is 0. The highest BCUT2D eigenvalue weighted by Gasteiger charge is 2.51. The van der Waals surface area contributed by atoms with Gasteiger partial charge in [0, 0.05) is 17.3 Å². The van der Waals surface area contributed by atoms with E-state index in [9.17, 15) is 23.3 Å². The Hall–Kier alpha value is -3.32. The predicted octanol–water partition coefficient (Wildman–Crippen LogP) is 3.95. The van der Waals surface area contributed by atoms with Gasteiger partial charge in [0.25, 0.3) is 5.69 Å². The number of nitro groups is 1. The Morgan fingerprint density at radius 2 is 2.00 bits per heavy atom. The minimum atomic E-state index is -4.65. The first kappa shape index (κ1) is 20.4. The van der Waals surface area contributed by atoms with Crippen LogP contribution in [0.3, 0.4) is 0 Å². The van der Waals surface area contributed by atoms with E-state index >= 15 is 0 Å². The molecule has 0 unspecified atom stereocenters. The minimum Gasteiger partial charge on any atom is -0.491 e. The van der Waals surface area contributed by atoms with Crippen LogP contribution < -0.4 is 9.64 Å². The molecule has 2 atom stereocenters. The van der Waals surface area contributed by atoms with Crippen LogP contribution in [0, 0.1) is 28.4 Å². The van der Waals surface area contributed by atoms with Gasteiger partial charge in [-0.25, -0.2) is 0 Å². The predicted molar refractivity (Wildman–Crippen MR) is 96.5 cm³/mol. The fourth-order valence-electron chi connectivity index (χ4n) is 3.04. The van der Waals surface area contributed by atoms with Crippen molar-refractivity contribution in [3.05, 3.63) is 63.7 Å². The van der Waals surface area contributed by atoms with Crippen molar-refractivity contribution >= 4 is 11.4 Å². The molecule has 0 spiro atoms. The van der Waals surface area contributed by atoms with Gasteiger partial charge in [0.05, 0.1) is 23.1 Å². The third-order valence-corrected chi connectivity index (χ3v) is 4.41. The van der Waals surface area contributed by atoms with E-state index in [0.717, 1.165) is 4.90 Å². The lowest BCUT2D eigenvalue weighted by atomic mass is 10.1. The molecule has 0 bridgehead atoms. The number of aryl methyl sites for hydroxylation is 1. The maximum Gasteiger partial charge on any atom is 0.433 e. The van der Waals surface area contributed by atoms with Crippen LogP contribution in [0.15, 0.2) is 42.5 Å². The number of alkyl halides is 3. The Morgan fingerprint density at radius 1 is 1.31 bits per heavy atom. The molecule has 0 radical (unpaired) electrons. The summed E-state index contributed by atoms with van der Waals surface area (Å²) in [6.07, 6.45) is -7.70. The molecule has 2 aromatic rings. The molecule has 152 valence electrons. The summed E-state index contributed by atoms with van der Waals surface area (Å²) in [4.78, 5) is 11.4. The largest absolute Gasteiger partial charge is 0.491 e. The molecule has 1 fully saturated rings.